The molecule has 6 nitrogen and oxygen atoms in total. The smallest absolute Gasteiger partial charge is 0.319 e. The van der Waals surface area contributed by atoms with E-state index >= 15 is 0 Å². The molecule has 0 unspecified atom stereocenters. The van der Waals surface area contributed by atoms with Gasteiger partial charge in [0.15, 0.2) is 0 Å². The molecular weight excluding hydrogens is 316 g/mol. The van der Waals surface area contributed by atoms with E-state index in [0.29, 0.717) is 24.4 Å². The Hall–Kier alpha value is -1.30. The van der Waals surface area contributed by atoms with E-state index in [2.05, 4.69) is 10.2 Å². The molecule has 0 aromatic carbocycles. The van der Waals surface area contributed by atoms with Crippen LogP contribution in [0.1, 0.15) is 46.0 Å². The summed E-state index contributed by atoms with van der Waals surface area (Å²) in [6, 6.07) is 0.129. The molecule has 6 heteroatoms. The first-order valence-electron chi connectivity index (χ1n) is 10.1. The van der Waals surface area contributed by atoms with Gasteiger partial charge in [0, 0.05) is 51.7 Å². The molecule has 0 saturated carbocycles. The van der Waals surface area contributed by atoms with Gasteiger partial charge in [-0.1, -0.05) is 0 Å². The maximum Gasteiger partial charge on any atom is 0.319 e. The zero-order chi connectivity index (χ0) is 17.9. The number of amides is 3. The highest BCUT2D eigenvalue weighted by Gasteiger charge is 2.39. The quantitative estimate of drug-likeness (QED) is 0.844. The average molecular weight is 351 g/mol. The van der Waals surface area contributed by atoms with E-state index in [1.165, 1.54) is 6.42 Å². The lowest BCUT2D eigenvalue weighted by atomic mass is 9.77. The topological polar surface area (TPSA) is 55.9 Å². The van der Waals surface area contributed by atoms with Gasteiger partial charge in [0.05, 0.1) is 0 Å². The van der Waals surface area contributed by atoms with Crippen LogP contribution < -0.4 is 5.32 Å². The molecule has 3 aliphatic heterocycles. The number of hydrogen-bond donors (Lipinski definition) is 1. The van der Waals surface area contributed by atoms with Gasteiger partial charge >= 0.3 is 6.03 Å². The van der Waals surface area contributed by atoms with Crippen molar-refractivity contribution in [2.75, 3.05) is 52.4 Å². The summed E-state index contributed by atoms with van der Waals surface area (Å²) in [6.07, 6.45) is 5.18. The van der Waals surface area contributed by atoms with Gasteiger partial charge in [0.1, 0.15) is 0 Å². The van der Waals surface area contributed by atoms with Gasteiger partial charge in [-0.05, 0) is 57.9 Å². The Bertz CT molecular complexity index is 468. The van der Waals surface area contributed by atoms with E-state index in [9.17, 15) is 9.59 Å². The first-order valence-corrected chi connectivity index (χ1v) is 10.1. The second-order valence-electron chi connectivity index (χ2n) is 7.97. The van der Waals surface area contributed by atoms with Crippen molar-refractivity contribution < 1.29 is 9.59 Å². The van der Waals surface area contributed by atoms with Crippen LogP contribution in [0, 0.1) is 11.3 Å². The molecule has 1 N–H and O–H groups in total. The monoisotopic (exact) mass is 350 g/mol. The minimum atomic E-state index is 0.108. The number of urea groups is 1. The Morgan fingerprint density at radius 2 is 1.64 bits per heavy atom. The first-order chi connectivity index (χ1) is 12.1. The summed E-state index contributed by atoms with van der Waals surface area (Å²) in [4.78, 5) is 31.2. The maximum absolute atomic E-state index is 12.9. The van der Waals surface area contributed by atoms with Crippen LogP contribution in [-0.2, 0) is 4.79 Å². The Morgan fingerprint density at radius 1 is 1.00 bits per heavy atom. The summed E-state index contributed by atoms with van der Waals surface area (Å²) in [7, 11) is 0. The highest BCUT2D eigenvalue weighted by molar-refractivity contribution is 5.80. The SMILES string of the molecule is CCN(CC)C(=O)N1CCC(C(=O)N2CCC3(CCNC3)CC2)CC1. The molecule has 3 heterocycles. The van der Waals surface area contributed by atoms with Gasteiger partial charge in [-0.2, -0.15) is 0 Å². The maximum atomic E-state index is 12.9. The number of carbonyl (C=O) groups is 2. The van der Waals surface area contributed by atoms with Crippen LogP contribution >= 0.6 is 0 Å². The molecule has 25 heavy (non-hydrogen) atoms. The number of piperidine rings is 2. The van der Waals surface area contributed by atoms with Crippen LogP contribution in [-0.4, -0.2) is 79.0 Å². The van der Waals surface area contributed by atoms with E-state index < -0.39 is 0 Å². The first kappa shape index (κ1) is 18.5. The van der Waals surface area contributed by atoms with Crippen LogP contribution in [0.5, 0.6) is 0 Å². The summed E-state index contributed by atoms with van der Waals surface area (Å²) in [5.74, 6) is 0.437. The number of nitrogens with zero attached hydrogens (tertiary/aromatic N) is 3. The Balaban J connectivity index is 1.46. The van der Waals surface area contributed by atoms with Gasteiger partial charge in [-0.25, -0.2) is 4.79 Å². The van der Waals surface area contributed by atoms with Crippen LogP contribution in [0.15, 0.2) is 0 Å². The van der Waals surface area contributed by atoms with E-state index in [0.717, 1.165) is 65.0 Å². The predicted molar refractivity (Wildman–Crippen MR) is 98.3 cm³/mol. The van der Waals surface area contributed by atoms with Gasteiger partial charge in [0.25, 0.3) is 0 Å². The van der Waals surface area contributed by atoms with E-state index in [4.69, 9.17) is 0 Å². The van der Waals surface area contributed by atoms with E-state index in [-0.39, 0.29) is 11.9 Å². The molecule has 3 aliphatic rings. The molecule has 3 saturated heterocycles. The Morgan fingerprint density at radius 3 is 2.16 bits per heavy atom. The van der Waals surface area contributed by atoms with Crippen LogP contribution in [0.25, 0.3) is 0 Å². The number of rotatable bonds is 3. The summed E-state index contributed by atoms with van der Waals surface area (Å²) >= 11 is 0. The molecule has 1 spiro atoms. The lowest BCUT2D eigenvalue weighted by Crippen LogP contribution is -2.50. The van der Waals surface area contributed by atoms with Crippen molar-refractivity contribution >= 4 is 11.9 Å². The summed E-state index contributed by atoms with van der Waals surface area (Å²) < 4.78 is 0. The molecule has 0 aromatic heterocycles. The largest absolute Gasteiger partial charge is 0.342 e. The van der Waals surface area contributed by atoms with Gasteiger partial charge in [-0.15, -0.1) is 0 Å². The summed E-state index contributed by atoms with van der Waals surface area (Å²) in [6.45, 7) is 11.0. The van der Waals surface area contributed by atoms with Gasteiger partial charge < -0.3 is 20.0 Å². The van der Waals surface area contributed by atoms with E-state index in [1.807, 2.05) is 23.6 Å². The van der Waals surface area contributed by atoms with Crippen LogP contribution in [0.3, 0.4) is 0 Å². The van der Waals surface area contributed by atoms with Gasteiger partial charge in [0.2, 0.25) is 5.91 Å². The summed E-state index contributed by atoms with van der Waals surface area (Å²) in [5.41, 5.74) is 0.455. The molecular formula is C19H34N4O2. The fourth-order valence-corrected chi connectivity index (χ4v) is 4.69. The number of hydrogen-bond acceptors (Lipinski definition) is 3. The van der Waals surface area contributed by atoms with Crippen molar-refractivity contribution in [3.05, 3.63) is 0 Å². The van der Waals surface area contributed by atoms with Crippen molar-refractivity contribution in [1.82, 2.24) is 20.0 Å². The lowest BCUT2D eigenvalue weighted by Gasteiger charge is -2.41. The third-order valence-electron chi connectivity index (χ3n) is 6.62. The number of carbonyl (C=O) groups excluding carboxylic acids is 2. The second-order valence-corrected chi connectivity index (χ2v) is 7.97. The summed E-state index contributed by atoms with van der Waals surface area (Å²) in [5, 5.41) is 3.48. The molecule has 142 valence electrons. The zero-order valence-electron chi connectivity index (χ0n) is 15.9. The molecule has 3 amide bonds. The van der Waals surface area contributed by atoms with E-state index in [1.54, 1.807) is 0 Å². The molecule has 0 atom stereocenters. The molecule has 3 rings (SSSR count). The fraction of sp³-hybridized carbons (Fsp3) is 0.895. The highest BCUT2D eigenvalue weighted by Crippen LogP contribution is 2.37. The highest BCUT2D eigenvalue weighted by atomic mass is 16.2. The lowest BCUT2D eigenvalue weighted by molar-refractivity contribution is -0.139. The van der Waals surface area contributed by atoms with Gasteiger partial charge in [-0.3, -0.25) is 4.79 Å². The number of nitrogens with one attached hydrogen (secondary N) is 1. The molecule has 0 aliphatic carbocycles. The molecule has 0 bridgehead atoms. The minimum Gasteiger partial charge on any atom is -0.342 e. The minimum absolute atomic E-state index is 0.108. The Labute approximate surface area is 151 Å². The Kier molecular flexibility index (Phi) is 5.87. The average Bonchev–Trinajstić information content (AvgIpc) is 3.11. The molecule has 0 aromatic rings. The molecule has 0 radical (unpaired) electrons. The van der Waals surface area contributed by atoms with Crippen molar-refractivity contribution in [3.8, 4) is 0 Å². The predicted octanol–water partition coefficient (Wildman–Crippen LogP) is 1.76. The van der Waals surface area contributed by atoms with Crippen molar-refractivity contribution in [2.24, 2.45) is 11.3 Å². The van der Waals surface area contributed by atoms with Crippen molar-refractivity contribution in [2.45, 2.75) is 46.0 Å². The molecule has 3 fully saturated rings. The third kappa shape index (κ3) is 3.94. The van der Waals surface area contributed by atoms with Crippen LogP contribution in [0.2, 0.25) is 0 Å². The van der Waals surface area contributed by atoms with Crippen molar-refractivity contribution in [1.29, 1.82) is 0 Å². The normalized spacial score (nSPS) is 23.9. The number of likely N-dealkylation sites (tertiary alicyclic amines) is 2. The fourth-order valence-electron chi connectivity index (χ4n) is 4.69. The standard InChI is InChI=1S/C19H34N4O2/c1-3-21(4-2)18(25)23-11-5-16(6-12-23)17(24)22-13-8-19(9-14-22)7-10-20-15-19/h16,20H,3-15H2,1-2H3. The van der Waals surface area contributed by atoms with Crippen LogP contribution in [0.4, 0.5) is 4.79 Å². The van der Waals surface area contributed by atoms with Crippen molar-refractivity contribution in [3.63, 3.8) is 0 Å². The second kappa shape index (κ2) is 7.94. The zero-order valence-corrected chi connectivity index (χ0v) is 15.9. The third-order valence-corrected chi connectivity index (χ3v) is 6.62.